The van der Waals surface area contributed by atoms with Gasteiger partial charge in [0.25, 0.3) is 5.91 Å². The van der Waals surface area contributed by atoms with Crippen LogP contribution in [0.2, 0.25) is 0 Å². The van der Waals surface area contributed by atoms with Gasteiger partial charge >= 0.3 is 6.18 Å². The van der Waals surface area contributed by atoms with Gasteiger partial charge in [0, 0.05) is 57.8 Å². The van der Waals surface area contributed by atoms with Crippen molar-refractivity contribution < 1.29 is 27.6 Å². The third kappa shape index (κ3) is 6.38. The van der Waals surface area contributed by atoms with Gasteiger partial charge in [-0.05, 0) is 55.9 Å². The number of hydrogen-bond acceptors (Lipinski definition) is 4. The molecule has 2 saturated heterocycles. The van der Waals surface area contributed by atoms with Crippen molar-refractivity contribution in [3.63, 3.8) is 0 Å². The number of alkyl halides is 3. The zero-order chi connectivity index (χ0) is 25.7. The SMILES string of the molecule is O=C(NCCCN1CCCC1=O)[C@@H](C1CCCC1)N1CCN(C(=O)c2ccc(C(F)(F)F)cc2)CC1. The molecule has 36 heavy (non-hydrogen) atoms. The normalized spacial score (nSPS) is 20.7. The molecule has 198 valence electrons. The highest BCUT2D eigenvalue weighted by molar-refractivity contribution is 5.94. The van der Waals surface area contributed by atoms with Crippen LogP contribution in [-0.4, -0.2) is 84.3 Å². The lowest BCUT2D eigenvalue weighted by Crippen LogP contribution is -2.58. The molecule has 4 rings (SSSR count). The Morgan fingerprint density at radius 1 is 0.972 bits per heavy atom. The first kappa shape index (κ1) is 26.4. The van der Waals surface area contributed by atoms with Crippen molar-refractivity contribution in [2.45, 2.75) is 57.2 Å². The van der Waals surface area contributed by atoms with Crippen LogP contribution in [0.3, 0.4) is 0 Å². The largest absolute Gasteiger partial charge is 0.416 e. The Hall–Kier alpha value is -2.62. The predicted octanol–water partition coefficient (Wildman–Crippen LogP) is 3.15. The van der Waals surface area contributed by atoms with Crippen LogP contribution >= 0.6 is 0 Å². The van der Waals surface area contributed by atoms with Crippen LogP contribution in [0.25, 0.3) is 0 Å². The van der Waals surface area contributed by atoms with Crippen LogP contribution < -0.4 is 5.32 Å². The average molecular weight is 509 g/mol. The lowest BCUT2D eigenvalue weighted by Gasteiger charge is -2.40. The van der Waals surface area contributed by atoms with Crippen molar-refractivity contribution in [2.75, 3.05) is 45.8 Å². The molecule has 1 aromatic carbocycles. The Kier molecular flexibility index (Phi) is 8.54. The summed E-state index contributed by atoms with van der Waals surface area (Å²) in [4.78, 5) is 43.5. The van der Waals surface area contributed by atoms with Gasteiger partial charge in [0.2, 0.25) is 11.8 Å². The van der Waals surface area contributed by atoms with Gasteiger partial charge in [-0.2, -0.15) is 13.2 Å². The molecule has 10 heteroatoms. The van der Waals surface area contributed by atoms with E-state index in [1.54, 1.807) is 4.90 Å². The molecule has 0 radical (unpaired) electrons. The monoisotopic (exact) mass is 508 g/mol. The van der Waals surface area contributed by atoms with Crippen molar-refractivity contribution in [1.29, 1.82) is 0 Å². The highest BCUT2D eigenvalue weighted by atomic mass is 19.4. The van der Waals surface area contributed by atoms with Gasteiger partial charge in [-0.25, -0.2) is 0 Å². The molecule has 1 N–H and O–H groups in total. The second-order valence-corrected chi connectivity index (χ2v) is 10.0. The van der Waals surface area contributed by atoms with Crippen molar-refractivity contribution in [3.05, 3.63) is 35.4 Å². The van der Waals surface area contributed by atoms with Crippen LogP contribution in [0.4, 0.5) is 13.2 Å². The second-order valence-electron chi connectivity index (χ2n) is 10.0. The van der Waals surface area contributed by atoms with Gasteiger partial charge in [0.05, 0.1) is 11.6 Å². The highest BCUT2D eigenvalue weighted by Gasteiger charge is 2.37. The molecule has 0 spiro atoms. The molecule has 0 unspecified atom stereocenters. The number of rotatable bonds is 8. The quantitative estimate of drug-likeness (QED) is 0.548. The molecule has 1 saturated carbocycles. The van der Waals surface area contributed by atoms with Gasteiger partial charge in [-0.3, -0.25) is 19.3 Å². The number of hydrogen-bond donors (Lipinski definition) is 1. The fraction of sp³-hybridized carbons (Fsp3) is 0.654. The molecule has 1 atom stereocenters. The number of benzene rings is 1. The van der Waals surface area contributed by atoms with E-state index in [1.165, 1.54) is 12.1 Å². The lowest BCUT2D eigenvalue weighted by atomic mass is 9.95. The van der Waals surface area contributed by atoms with Crippen molar-refractivity contribution in [1.82, 2.24) is 20.0 Å². The summed E-state index contributed by atoms with van der Waals surface area (Å²) in [5.41, 5.74) is -0.542. The maximum Gasteiger partial charge on any atom is 0.416 e. The van der Waals surface area contributed by atoms with E-state index in [1.807, 2.05) is 4.90 Å². The number of halogens is 3. The van der Waals surface area contributed by atoms with Gasteiger partial charge in [-0.1, -0.05) is 12.8 Å². The summed E-state index contributed by atoms with van der Waals surface area (Å²) in [7, 11) is 0. The molecule has 0 aromatic heterocycles. The van der Waals surface area contributed by atoms with E-state index >= 15 is 0 Å². The minimum Gasteiger partial charge on any atom is -0.355 e. The molecule has 2 heterocycles. The first-order chi connectivity index (χ1) is 17.2. The molecular formula is C26H35F3N4O3. The average Bonchev–Trinajstić information content (AvgIpc) is 3.54. The first-order valence-electron chi connectivity index (χ1n) is 13.0. The summed E-state index contributed by atoms with van der Waals surface area (Å²) in [5.74, 6) is 0.190. The number of carbonyl (C=O) groups is 3. The number of nitrogens with one attached hydrogen (secondary N) is 1. The molecule has 3 amide bonds. The van der Waals surface area contributed by atoms with Gasteiger partial charge in [0.15, 0.2) is 0 Å². The zero-order valence-corrected chi connectivity index (χ0v) is 20.6. The molecule has 0 bridgehead atoms. The third-order valence-electron chi connectivity index (χ3n) is 7.64. The Bertz CT molecular complexity index is 923. The topological polar surface area (TPSA) is 73.0 Å². The molecule has 3 fully saturated rings. The second kappa shape index (κ2) is 11.6. The smallest absolute Gasteiger partial charge is 0.355 e. The van der Waals surface area contributed by atoms with E-state index in [0.717, 1.165) is 57.2 Å². The maximum atomic E-state index is 13.2. The number of piperazine rings is 1. The number of nitrogens with zero attached hydrogens (tertiary/aromatic N) is 3. The van der Waals surface area contributed by atoms with E-state index < -0.39 is 11.7 Å². The number of amides is 3. The van der Waals surface area contributed by atoms with Crippen molar-refractivity contribution in [3.8, 4) is 0 Å². The molecular weight excluding hydrogens is 473 g/mol. The van der Waals surface area contributed by atoms with Crippen LogP contribution in [0.15, 0.2) is 24.3 Å². The van der Waals surface area contributed by atoms with Crippen LogP contribution in [0.5, 0.6) is 0 Å². The van der Waals surface area contributed by atoms with E-state index in [0.29, 0.717) is 45.7 Å². The van der Waals surface area contributed by atoms with Crippen LogP contribution in [-0.2, 0) is 15.8 Å². The van der Waals surface area contributed by atoms with Crippen LogP contribution in [0, 0.1) is 5.92 Å². The maximum absolute atomic E-state index is 13.2. The fourth-order valence-electron chi connectivity index (χ4n) is 5.67. The molecule has 1 aromatic rings. The molecule has 7 nitrogen and oxygen atoms in total. The zero-order valence-electron chi connectivity index (χ0n) is 20.6. The van der Waals surface area contributed by atoms with Gasteiger partial charge < -0.3 is 15.1 Å². The summed E-state index contributed by atoms with van der Waals surface area (Å²) >= 11 is 0. The first-order valence-corrected chi connectivity index (χ1v) is 13.0. The van der Waals surface area contributed by atoms with Gasteiger partial charge in [0.1, 0.15) is 0 Å². The molecule has 3 aliphatic rings. The Balaban J connectivity index is 1.30. The lowest BCUT2D eigenvalue weighted by molar-refractivity contribution is -0.137. The minimum absolute atomic E-state index is 0.0113. The van der Waals surface area contributed by atoms with Crippen molar-refractivity contribution >= 4 is 17.7 Å². The summed E-state index contributed by atoms with van der Waals surface area (Å²) in [5, 5.41) is 3.08. The number of likely N-dealkylation sites (tertiary alicyclic amines) is 1. The standard InChI is InChI=1S/C26H35F3N4O3/c27-26(28,29)21-10-8-20(9-11-21)25(36)33-17-15-32(16-18-33)23(19-5-1-2-6-19)24(35)30-12-4-14-31-13-3-7-22(31)34/h8-11,19,23H,1-7,12-18H2,(H,30,35)/t23-/m1/s1. The Labute approximate surface area is 210 Å². The van der Waals surface area contributed by atoms with E-state index in [-0.39, 0.29) is 35.2 Å². The van der Waals surface area contributed by atoms with Crippen LogP contribution in [0.1, 0.15) is 60.9 Å². The van der Waals surface area contributed by atoms with E-state index in [9.17, 15) is 27.6 Å². The molecule has 2 aliphatic heterocycles. The van der Waals surface area contributed by atoms with E-state index in [2.05, 4.69) is 10.2 Å². The third-order valence-corrected chi connectivity index (χ3v) is 7.64. The Morgan fingerprint density at radius 2 is 1.64 bits per heavy atom. The van der Waals surface area contributed by atoms with Gasteiger partial charge in [-0.15, -0.1) is 0 Å². The predicted molar refractivity (Wildman–Crippen MR) is 128 cm³/mol. The molecule has 1 aliphatic carbocycles. The Morgan fingerprint density at radius 3 is 2.22 bits per heavy atom. The van der Waals surface area contributed by atoms with Crippen molar-refractivity contribution in [2.24, 2.45) is 5.92 Å². The number of carbonyl (C=O) groups excluding carboxylic acids is 3. The summed E-state index contributed by atoms with van der Waals surface area (Å²) < 4.78 is 38.5. The van der Waals surface area contributed by atoms with E-state index in [4.69, 9.17) is 0 Å². The minimum atomic E-state index is -4.44. The summed E-state index contributed by atoms with van der Waals surface area (Å²) in [6.45, 7) is 3.93. The summed E-state index contributed by atoms with van der Waals surface area (Å²) in [6.07, 6.45) is 2.04. The summed E-state index contributed by atoms with van der Waals surface area (Å²) in [6, 6.07) is 4.07. The fourth-order valence-corrected chi connectivity index (χ4v) is 5.67. The highest BCUT2D eigenvalue weighted by Crippen LogP contribution is 2.32.